The van der Waals surface area contributed by atoms with E-state index in [1.54, 1.807) is 36.4 Å². The third-order valence-corrected chi connectivity index (χ3v) is 7.51. The zero-order valence-electron chi connectivity index (χ0n) is 21.1. The molecule has 4 aromatic rings. The Labute approximate surface area is 234 Å². The van der Waals surface area contributed by atoms with Crippen molar-refractivity contribution in [1.82, 2.24) is 0 Å². The average molecular weight is 585 g/mol. The Morgan fingerprint density at radius 3 is 2.18 bits per heavy atom. The Hall–Kier alpha value is -4.14. The molecule has 4 aromatic carbocycles. The van der Waals surface area contributed by atoms with Gasteiger partial charge in [-0.3, -0.25) is 14.4 Å². The number of benzene rings is 4. The molecule has 2 aliphatic heterocycles. The number of ether oxygens (including phenoxy) is 2. The van der Waals surface area contributed by atoms with Crippen LogP contribution in [0.3, 0.4) is 0 Å². The van der Waals surface area contributed by atoms with Gasteiger partial charge in [0.1, 0.15) is 12.5 Å². The molecule has 2 heterocycles. The smallest absolute Gasteiger partial charge is 0.266 e. The number of amides is 2. The molecule has 2 amide bonds. The maximum Gasteiger partial charge on any atom is 0.266 e. The molecule has 0 saturated carbocycles. The van der Waals surface area contributed by atoms with Crippen molar-refractivity contribution < 1.29 is 23.9 Å². The summed E-state index contributed by atoms with van der Waals surface area (Å²) in [7, 11) is 1.58. The number of carbonyl (C=O) groups excluding carboxylic acids is 2. The molecule has 2 aliphatic rings. The molecule has 2 fully saturated rings. The van der Waals surface area contributed by atoms with E-state index < -0.39 is 18.1 Å². The van der Waals surface area contributed by atoms with E-state index in [0.717, 1.165) is 21.3 Å². The van der Waals surface area contributed by atoms with Crippen LogP contribution in [0, 0.1) is 5.92 Å². The van der Waals surface area contributed by atoms with E-state index in [4.69, 9.17) is 14.3 Å². The van der Waals surface area contributed by atoms with Crippen LogP contribution in [0.1, 0.15) is 17.2 Å². The Bertz CT molecular complexity index is 1500. The van der Waals surface area contributed by atoms with Gasteiger partial charge in [0.25, 0.3) is 5.91 Å². The van der Waals surface area contributed by atoms with E-state index in [1.807, 2.05) is 78.9 Å². The number of methoxy groups -OCH3 is 1. The minimum absolute atomic E-state index is 0.306. The Balaban J connectivity index is 1.36. The van der Waals surface area contributed by atoms with Crippen LogP contribution in [0.25, 0.3) is 0 Å². The molecular formula is C31H25BrN2O5. The molecule has 196 valence electrons. The average Bonchev–Trinajstić information content (AvgIpc) is 3.49. The molecule has 6 rings (SSSR count). The maximum absolute atomic E-state index is 13.9. The molecule has 0 bridgehead atoms. The summed E-state index contributed by atoms with van der Waals surface area (Å²) < 4.78 is 12.6. The lowest BCUT2D eigenvalue weighted by Crippen LogP contribution is -2.37. The lowest BCUT2D eigenvalue weighted by atomic mass is 9.90. The van der Waals surface area contributed by atoms with Crippen molar-refractivity contribution in [2.45, 2.75) is 18.8 Å². The van der Waals surface area contributed by atoms with Crippen molar-refractivity contribution in [1.29, 1.82) is 0 Å². The van der Waals surface area contributed by atoms with E-state index in [0.29, 0.717) is 23.8 Å². The first-order valence-corrected chi connectivity index (χ1v) is 13.3. The van der Waals surface area contributed by atoms with Crippen LogP contribution in [0.15, 0.2) is 108 Å². The molecule has 3 atom stereocenters. The predicted octanol–water partition coefficient (Wildman–Crippen LogP) is 6.09. The predicted molar refractivity (Wildman–Crippen MR) is 150 cm³/mol. The molecule has 0 radical (unpaired) electrons. The lowest BCUT2D eigenvalue weighted by Gasteiger charge is -2.29. The molecule has 0 aromatic heterocycles. The standard InChI is InChI=1S/C31H25BrN2O5/c1-37-26-18-21(12-17-25(26)38-19-20-8-4-2-5-9-20)28-27-29(39-34(28)24-10-6-3-7-11-24)31(36)33(30(27)35)23-15-13-22(32)14-16-23/h2-18,27-29H,19H2,1H3/t27-,28+,29-/m1/s1. The number of nitrogens with zero attached hydrogens (tertiary/aromatic N) is 2. The van der Waals surface area contributed by atoms with Crippen molar-refractivity contribution in [2.75, 3.05) is 17.1 Å². The summed E-state index contributed by atoms with van der Waals surface area (Å²) in [4.78, 5) is 34.9. The Morgan fingerprint density at radius 1 is 0.795 bits per heavy atom. The summed E-state index contributed by atoms with van der Waals surface area (Å²) in [6.07, 6.45) is -0.952. The number of para-hydroxylation sites is 1. The van der Waals surface area contributed by atoms with Gasteiger partial charge in [-0.25, -0.2) is 9.96 Å². The SMILES string of the molecule is COc1cc([C@H]2[C@H]3C(=O)N(c4ccc(Br)cc4)C(=O)[C@@H]3ON2c2ccccc2)ccc1OCc1ccccc1. The van der Waals surface area contributed by atoms with Crippen LogP contribution in [-0.4, -0.2) is 25.0 Å². The molecular weight excluding hydrogens is 560 g/mol. The zero-order valence-corrected chi connectivity index (χ0v) is 22.7. The molecule has 7 nitrogen and oxygen atoms in total. The van der Waals surface area contributed by atoms with Crippen LogP contribution in [0.2, 0.25) is 0 Å². The van der Waals surface area contributed by atoms with Crippen molar-refractivity contribution in [3.63, 3.8) is 0 Å². The first kappa shape index (κ1) is 25.2. The number of halogens is 1. The molecule has 8 heteroatoms. The van der Waals surface area contributed by atoms with E-state index in [9.17, 15) is 9.59 Å². The van der Waals surface area contributed by atoms with Crippen LogP contribution in [-0.2, 0) is 21.0 Å². The molecule has 0 N–H and O–H groups in total. The van der Waals surface area contributed by atoms with E-state index >= 15 is 0 Å². The van der Waals surface area contributed by atoms with Crippen LogP contribution < -0.4 is 19.4 Å². The Morgan fingerprint density at radius 2 is 1.49 bits per heavy atom. The van der Waals surface area contributed by atoms with Gasteiger partial charge in [-0.1, -0.05) is 70.5 Å². The van der Waals surface area contributed by atoms with Crippen LogP contribution in [0.4, 0.5) is 11.4 Å². The fourth-order valence-electron chi connectivity index (χ4n) is 5.12. The minimum atomic E-state index is -0.952. The summed E-state index contributed by atoms with van der Waals surface area (Å²) in [5, 5.41) is 1.67. The fraction of sp³-hybridized carbons (Fsp3) is 0.161. The number of rotatable bonds is 7. The van der Waals surface area contributed by atoms with E-state index in [-0.39, 0.29) is 11.8 Å². The number of carbonyl (C=O) groups is 2. The normalized spacial score (nSPS) is 20.3. The summed E-state index contributed by atoms with van der Waals surface area (Å²) in [6.45, 7) is 0.388. The molecule has 2 saturated heterocycles. The van der Waals surface area contributed by atoms with Crippen molar-refractivity contribution in [3.05, 3.63) is 119 Å². The number of anilines is 2. The van der Waals surface area contributed by atoms with Crippen LogP contribution >= 0.6 is 15.9 Å². The van der Waals surface area contributed by atoms with Crippen LogP contribution in [0.5, 0.6) is 11.5 Å². The molecule has 0 spiro atoms. The molecule has 0 unspecified atom stereocenters. The minimum Gasteiger partial charge on any atom is -0.493 e. The second kappa shape index (κ2) is 10.6. The third-order valence-electron chi connectivity index (χ3n) is 6.98. The maximum atomic E-state index is 13.9. The van der Waals surface area contributed by atoms with Gasteiger partial charge in [-0.15, -0.1) is 0 Å². The van der Waals surface area contributed by atoms with Gasteiger partial charge in [0.15, 0.2) is 17.6 Å². The van der Waals surface area contributed by atoms with Gasteiger partial charge in [0.2, 0.25) is 5.91 Å². The van der Waals surface area contributed by atoms with Crippen molar-refractivity contribution >= 4 is 39.1 Å². The highest BCUT2D eigenvalue weighted by molar-refractivity contribution is 9.10. The molecule has 39 heavy (non-hydrogen) atoms. The van der Waals surface area contributed by atoms with Gasteiger partial charge >= 0.3 is 0 Å². The highest BCUT2D eigenvalue weighted by Gasteiger charge is 2.60. The summed E-state index contributed by atoms with van der Waals surface area (Å²) in [5.74, 6) is -0.328. The second-order valence-electron chi connectivity index (χ2n) is 9.33. The number of fused-ring (bicyclic) bond motifs is 1. The monoisotopic (exact) mass is 584 g/mol. The third kappa shape index (κ3) is 4.66. The van der Waals surface area contributed by atoms with Gasteiger partial charge in [0, 0.05) is 4.47 Å². The fourth-order valence-corrected chi connectivity index (χ4v) is 5.38. The van der Waals surface area contributed by atoms with Gasteiger partial charge in [-0.05, 0) is 59.7 Å². The highest BCUT2D eigenvalue weighted by atomic mass is 79.9. The lowest BCUT2D eigenvalue weighted by molar-refractivity contribution is -0.126. The first-order valence-electron chi connectivity index (χ1n) is 12.5. The number of hydroxylamine groups is 1. The highest BCUT2D eigenvalue weighted by Crippen LogP contribution is 2.48. The topological polar surface area (TPSA) is 68.3 Å². The van der Waals surface area contributed by atoms with Crippen molar-refractivity contribution in [2.24, 2.45) is 5.92 Å². The molecule has 0 aliphatic carbocycles. The number of hydrogen-bond acceptors (Lipinski definition) is 6. The van der Waals surface area contributed by atoms with Gasteiger partial charge < -0.3 is 9.47 Å². The summed E-state index contributed by atoms with van der Waals surface area (Å²) >= 11 is 3.41. The first-order chi connectivity index (χ1) is 19.0. The Kier molecular flexibility index (Phi) is 6.81. The van der Waals surface area contributed by atoms with Gasteiger partial charge in [0.05, 0.1) is 24.5 Å². The largest absolute Gasteiger partial charge is 0.493 e. The summed E-state index contributed by atoms with van der Waals surface area (Å²) in [6, 6.07) is 31.5. The summed E-state index contributed by atoms with van der Waals surface area (Å²) in [5.41, 5.74) is 3.07. The van der Waals surface area contributed by atoms with E-state index in [2.05, 4.69) is 15.9 Å². The number of imide groups is 1. The van der Waals surface area contributed by atoms with E-state index in [1.165, 1.54) is 4.90 Å². The number of hydrogen-bond donors (Lipinski definition) is 0. The van der Waals surface area contributed by atoms with Crippen molar-refractivity contribution in [3.8, 4) is 11.5 Å². The zero-order chi connectivity index (χ0) is 26.9. The quantitative estimate of drug-likeness (QED) is 0.245. The van der Waals surface area contributed by atoms with Gasteiger partial charge in [-0.2, -0.15) is 0 Å². The second-order valence-corrected chi connectivity index (χ2v) is 10.2.